The van der Waals surface area contributed by atoms with Crippen molar-refractivity contribution in [1.82, 2.24) is 14.9 Å². The Kier molecular flexibility index (Phi) is 2.43. The Morgan fingerprint density at radius 2 is 2.22 bits per heavy atom. The normalized spacial score (nSPS) is 18.2. The molecule has 2 aromatic rings. The maximum atomic E-state index is 5.98. The van der Waals surface area contributed by atoms with Gasteiger partial charge < -0.3 is 0 Å². The number of thioether (sulfide) groups is 1. The first-order valence-corrected chi connectivity index (χ1v) is 7.73. The van der Waals surface area contributed by atoms with Crippen molar-refractivity contribution in [2.75, 3.05) is 5.43 Å². The van der Waals surface area contributed by atoms with E-state index in [1.165, 1.54) is 12.8 Å². The summed E-state index contributed by atoms with van der Waals surface area (Å²) in [6, 6.07) is 3.94. The van der Waals surface area contributed by atoms with Gasteiger partial charge in [-0.05, 0) is 25.0 Å². The molecule has 4 nitrogen and oxygen atoms in total. The van der Waals surface area contributed by atoms with Crippen LogP contribution in [0, 0.1) is 0 Å². The van der Waals surface area contributed by atoms with Gasteiger partial charge in [0, 0.05) is 11.3 Å². The summed E-state index contributed by atoms with van der Waals surface area (Å²) in [7, 11) is 0. The molecule has 0 spiro atoms. The second-order valence-corrected chi connectivity index (χ2v) is 6.87. The van der Waals surface area contributed by atoms with Crippen LogP contribution in [0.3, 0.4) is 0 Å². The highest BCUT2D eigenvalue weighted by molar-refractivity contribution is 8.02. The van der Waals surface area contributed by atoms with Gasteiger partial charge in [0.2, 0.25) is 5.16 Å². The highest BCUT2D eigenvalue weighted by atomic mass is 35.5. The summed E-state index contributed by atoms with van der Waals surface area (Å²) in [6.07, 6.45) is 2.43. The van der Waals surface area contributed by atoms with E-state index in [0.717, 1.165) is 25.9 Å². The molecular weight excluding hydrogens is 288 g/mol. The topological polar surface area (TPSA) is 42.7 Å². The number of fused-ring (bicyclic) bond motifs is 1. The Morgan fingerprint density at radius 1 is 1.33 bits per heavy atom. The molecule has 0 atom stereocenters. The molecule has 3 heterocycles. The fourth-order valence-corrected chi connectivity index (χ4v) is 3.72. The minimum Gasteiger partial charge on any atom is -0.289 e. The predicted molar refractivity (Wildman–Crippen MR) is 74.5 cm³/mol. The lowest BCUT2D eigenvalue weighted by Crippen LogP contribution is -2.19. The van der Waals surface area contributed by atoms with Crippen molar-refractivity contribution in [2.45, 2.75) is 23.9 Å². The molecule has 1 aliphatic heterocycles. The molecule has 0 amide bonds. The summed E-state index contributed by atoms with van der Waals surface area (Å²) < 4.78 is 2.81. The first-order valence-electron chi connectivity index (χ1n) is 5.66. The zero-order valence-electron chi connectivity index (χ0n) is 9.26. The second kappa shape index (κ2) is 4.01. The van der Waals surface area contributed by atoms with E-state index in [-0.39, 0.29) is 0 Å². The van der Waals surface area contributed by atoms with E-state index in [4.69, 9.17) is 11.6 Å². The van der Waals surface area contributed by atoms with Crippen LogP contribution >= 0.6 is 34.7 Å². The van der Waals surface area contributed by atoms with Crippen LogP contribution in [0.5, 0.6) is 0 Å². The fourth-order valence-electron chi connectivity index (χ4n) is 1.90. The second-order valence-electron chi connectivity index (χ2n) is 4.32. The van der Waals surface area contributed by atoms with E-state index in [2.05, 4.69) is 21.0 Å². The minimum absolute atomic E-state index is 0.575. The molecule has 18 heavy (non-hydrogen) atoms. The summed E-state index contributed by atoms with van der Waals surface area (Å²) in [4.78, 5) is 1.13. The van der Waals surface area contributed by atoms with Gasteiger partial charge in [0.15, 0.2) is 5.82 Å². The highest BCUT2D eigenvalue weighted by Gasteiger charge is 2.31. The van der Waals surface area contributed by atoms with Crippen molar-refractivity contribution in [3.8, 4) is 0 Å². The largest absolute Gasteiger partial charge is 0.289 e. The number of thiophene rings is 1. The van der Waals surface area contributed by atoms with Gasteiger partial charge in [-0.2, -0.15) is 0 Å². The fraction of sp³-hybridized carbons (Fsp3) is 0.273. The summed E-state index contributed by atoms with van der Waals surface area (Å²) in [6.45, 7) is 0. The molecule has 1 aliphatic carbocycles. The summed E-state index contributed by atoms with van der Waals surface area (Å²) in [5.74, 6) is 1.62. The Hall–Kier alpha value is -0.980. The first kappa shape index (κ1) is 10.9. The number of hydrogen-bond acceptors (Lipinski definition) is 5. The van der Waals surface area contributed by atoms with Crippen LogP contribution in [-0.4, -0.2) is 14.9 Å². The molecule has 2 aliphatic rings. The van der Waals surface area contributed by atoms with E-state index in [1.54, 1.807) is 23.1 Å². The Morgan fingerprint density at radius 3 is 2.94 bits per heavy atom. The summed E-state index contributed by atoms with van der Waals surface area (Å²) in [5, 5.41) is 11.4. The van der Waals surface area contributed by atoms with Crippen LogP contribution in [0.25, 0.3) is 5.70 Å². The Labute approximate surface area is 117 Å². The average molecular weight is 297 g/mol. The summed E-state index contributed by atoms with van der Waals surface area (Å²) >= 11 is 9.14. The van der Waals surface area contributed by atoms with Crippen LogP contribution < -0.4 is 5.43 Å². The zero-order chi connectivity index (χ0) is 12.1. The predicted octanol–water partition coefficient (Wildman–Crippen LogP) is 3.52. The maximum Gasteiger partial charge on any atom is 0.214 e. The van der Waals surface area contributed by atoms with Gasteiger partial charge >= 0.3 is 0 Å². The molecule has 0 radical (unpaired) electrons. The van der Waals surface area contributed by atoms with Gasteiger partial charge in [-0.3, -0.25) is 5.43 Å². The first-order chi connectivity index (χ1) is 8.81. The molecule has 92 valence electrons. The molecule has 0 aromatic carbocycles. The third-order valence-electron chi connectivity index (χ3n) is 2.95. The van der Waals surface area contributed by atoms with Gasteiger partial charge in [0.25, 0.3) is 0 Å². The third-order valence-corrected chi connectivity index (χ3v) is 5.05. The van der Waals surface area contributed by atoms with Crippen LogP contribution in [0.1, 0.15) is 29.5 Å². The number of nitrogens with one attached hydrogen (secondary N) is 1. The van der Waals surface area contributed by atoms with Crippen molar-refractivity contribution in [3.05, 3.63) is 32.6 Å². The molecule has 0 saturated heterocycles. The monoisotopic (exact) mass is 296 g/mol. The molecule has 0 unspecified atom stereocenters. The standard InChI is InChI=1S/C11H9ClN4S2/c12-9-4-3-8(18-9)7-5-17-11-14-13-10(6-1-2-6)16(11)15-7/h3-6,15H,1-2H2. The van der Waals surface area contributed by atoms with E-state index in [1.807, 2.05) is 16.8 Å². The van der Waals surface area contributed by atoms with Crippen molar-refractivity contribution >= 4 is 40.4 Å². The average Bonchev–Trinajstić information content (AvgIpc) is 2.99. The van der Waals surface area contributed by atoms with Crippen molar-refractivity contribution in [2.24, 2.45) is 0 Å². The van der Waals surface area contributed by atoms with Crippen LogP contribution in [0.4, 0.5) is 0 Å². The molecule has 1 saturated carbocycles. The van der Waals surface area contributed by atoms with Gasteiger partial charge in [-0.25, -0.2) is 4.68 Å². The molecule has 0 bridgehead atoms. The Balaban J connectivity index is 1.69. The molecule has 4 rings (SSSR count). The smallest absolute Gasteiger partial charge is 0.214 e. The van der Waals surface area contributed by atoms with Gasteiger partial charge in [-0.15, -0.1) is 21.5 Å². The lowest BCUT2D eigenvalue weighted by Gasteiger charge is -2.17. The van der Waals surface area contributed by atoms with Crippen molar-refractivity contribution in [1.29, 1.82) is 0 Å². The zero-order valence-corrected chi connectivity index (χ0v) is 11.6. The third kappa shape index (κ3) is 1.75. The molecule has 2 aromatic heterocycles. The lowest BCUT2D eigenvalue weighted by atomic mass is 10.4. The van der Waals surface area contributed by atoms with Gasteiger partial charge in [-0.1, -0.05) is 23.4 Å². The van der Waals surface area contributed by atoms with Crippen molar-refractivity contribution < 1.29 is 0 Å². The van der Waals surface area contributed by atoms with E-state index >= 15 is 0 Å². The van der Waals surface area contributed by atoms with Gasteiger partial charge in [0.1, 0.15) is 0 Å². The number of halogens is 1. The molecule has 1 fully saturated rings. The number of rotatable bonds is 2. The number of nitrogens with zero attached hydrogens (tertiary/aromatic N) is 3. The van der Waals surface area contributed by atoms with E-state index in [9.17, 15) is 0 Å². The van der Waals surface area contributed by atoms with Gasteiger partial charge in [0.05, 0.1) is 14.9 Å². The maximum absolute atomic E-state index is 5.98. The minimum atomic E-state index is 0.575. The molecular formula is C11H9ClN4S2. The van der Waals surface area contributed by atoms with Crippen LogP contribution in [0.2, 0.25) is 4.34 Å². The van der Waals surface area contributed by atoms with E-state index in [0.29, 0.717) is 5.92 Å². The van der Waals surface area contributed by atoms with E-state index < -0.39 is 0 Å². The molecule has 7 heteroatoms. The SMILES string of the molecule is Clc1ccc(C2=CSc3nnc(C4CC4)n3N2)s1. The number of aromatic nitrogens is 3. The van der Waals surface area contributed by atoms with Crippen LogP contribution in [-0.2, 0) is 0 Å². The van der Waals surface area contributed by atoms with Crippen LogP contribution in [0.15, 0.2) is 22.7 Å². The number of hydrogen-bond donors (Lipinski definition) is 1. The quantitative estimate of drug-likeness (QED) is 0.921. The lowest BCUT2D eigenvalue weighted by molar-refractivity contribution is 0.769. The Bertz CT molecular complexity index is 641. The molecule has 1 N–H and O–H groups in total. The summed E-state index contributed by atoms with van der Waals surface area (Å²) in [5.41, 5.74) is 4.44. The van der Waals surface area contributed by atoms with Crippen molar-refractivity contribution in [3.63, 3.8) is 0 Å². The highest BCUT2D eigenvalue weighted by Crippen LogP contribution is 2.41.